The van der Waals surface area contributed by atoms with Crippen LogP contribution >= 0.6 is 11.3 Å². The van der Waals surface area contributed by atoms with Crippen molar-refractivity contribution < 1.29 is 0 Å². The van der Waals surface area contributed by atoms with Gasteiger partial charge in [-0.1, -0.05) is 26.7 Å². The zero-order valence-electron chi connectivity index (χ0n) is 12.6. The first-order chi connectivity index (χ1) is 9.13. The molecular weight excluding hydrogens is 252 g/mol. The van der Waals surface area contributed by atoms with Crippen molar-refractivity contribution >= 4 is 11.3 Å². The minimum absolute atomic E-state index is 0.749. The number of nitrogens with zero attached hydrogens (tertiary/aromatic N) is 1. The predicted octanol–water partition coefficient (Wildman–Crippen LogP) is 4.19. The molecule has 0 bridgehead atoms. The summed E-state index contributed by atoms with van der Waals surface area (Å²) in [5.41, 5.74) is 1.16. The molecule has 1 aliphatic rings. The fourth-order valence-corrected chi connectivity index (χ4v) is 4.03. The van der Waals surface area contributed by atoms with E-state index >= 15 is 0 Å². The molecule has 3 heteroatoms. The van der Waals surface area contributed by atoms with Crippen molar-refractivity contribution in [2.75, 3.05) is 6.54 Å². The Morgan fingerprint density at radius 2 is 2.26 bits per heavy atom. The fourth-order valence-electron chi connectivity index (χ4n) is 3.26. The standard InChI is InChI=1S/C16H28N2S/c1-12(2)9-14-5-4-6-15(10-14)17-8-7-16-18-13(3)11-19-16/h11-12,14-15,17H,4-10H2,1-3H3. The third-order valence-electron chi connectivity index (χ3n) is 4.03. The van der Waals surface area contributed by atoms with Gasteiger partial charge < -0.3 is 5.32 Å². The van der Waals surface area contributed by atoms with Gasteiger partial charge in [-0.2, -0.15) is 0 Å². The molecule has 1 saturated carbocycles. The smallest absolute Gasteiger partial charge is 0.0940 e. The highest BCUT2D eigenvalue weighted by Crippen LogP contribution is 2.29. The highest BCUT2D eigenvalue weighted by molar-refractivity contribution is 7.09. The zero-order valence-corrected chi connectivity index (χ0v) is 13.4. The molecule has 19 heavy (non-hydrogen) atoms. The lowest BCUT2D eigenvalue weighted by atomic mass is 9.81. The molecule has 0 saturated heterocycles. The maximum atomic E-state index is 4.53. The monoisotopic (exact) mass is 280 g/mol. The van der Waals surface area contributed by atoms with Crippen molar-refractivity contribution in [1.82, 2.24) is 10.3 Å². The molecule has 0 radical (unpaired) electrons. The summed E-state index contributed by atoms with van der Waals surface area (Å²) in [6, 6.07) is 0.749. The average Bonchev–Trinajstić information content (AvgIpc) is 2.75. The summed E-state index contributed by atoms with van der Waals surface area (Å²) in [6.07, 6.45) is 8.10. The van der Waals surface area contributed by atoms with Gasteiger partial charge in [0, 0.05) is 30.1 Å². The molecule has 0 aromatic carbocycles. The van der Waals surface area contributed by atoms with Crippen molar-refractivity contribution in [1.29, 1.82) is 0 Å². The maximum absolute atomic E-state index is 4.53. The fraction of sp³-hybridized carbons (Fsp3) is 0.812. The number of thiazole rings is 1. The van der Waals surface area contributed by atoms with Gasteiger partial charge in [0.25, 0.3) is 0 Å². The van der Waals surface area contributed by atoms with Crippen LogP contribution in [-0.2, 0) is 6.42 Å². The average molecular weight is 280 g/mol. The Balaban J connectivity index is 1.67. The van der Waals surface area contributed by atoms with E-state index in [1.165, 1.54) is 37.1 Å². The number of hydrogen-bond donors (Lipinski definition) is 1. The van der Waals surface area contributed by atoms with E-state index in [0.29, 0.717) is 0 Å². The molecule has 2 rings (SSSR count). The van der Waals surface area contributed by atoms with E-state index < -0.39 is 0 Å². The molecule has 2 unspecified atom stereocenters. The first-order valence-electron chi connectivity index (χ1n) is 7.78. The van der Waals surface area contributed by atoms with Crippen LogP contribution in [0.4, 0.5) is 0 Å². The van der Waals surface area contributed by atoms with Gasteiger partial charge in [-0.15, -0.1) is 11.3 Å². The Kier molecular flexibility index (Phi) is 5.83. The molecule has 2 nitrogen and oxygen atoms in total. The summed E-state index contributed by atoms with van der Waals surface area (Å²) >= 11 is 1.79. The van der Waals surface area contributed by atoms with Crippen LogP contribution < -0.4 is 5.32 Å². The second kappa shape index (κ2) is 7.39. The van der Waals surface area contributed by atoms with Gasteiger partial charge in [0.1, 0.15) is 0 Å². The third kappa shape index (κ3) is 5.23. The molecule has 2 atom stereocenters. The summed E-state index contributed by atoms with van der Waals surface area (Å²) in [4.78, 5) is 4.53. The van der Waals surface area contributed by atoms with Crippen LogP contribution in [0.25, 0.3) is 0 Å². The van der Waals surface area contributed by atoms with E-state index in [0.717, 1.165) is 36.5 Å². The maximum Gasteiger partial charge on any atom is 0.0940 e. The van der Waals surface area contributed by atoms with Gasteiger partial charge in [0.15, 0.2) is 0 Å². The molecule has 0 aliphatic heterocycles. The Hall–Kier alpha value is -0.410. The number of nitrogens with one attached hydrogen (secondary N) is 1. The zero-order chi connectivity index (χ0) is 13.7. The quantitative estimate of drug-likeness (QED) is 0.845. The molecule has 0 spiro atoms. The van der Waals surface area contributed by atoms with Gasteiger partial charge >= 0.3 is 0 Å². The Morgan fingerprint density at radius 1 is 1.42 bits per heavy atom. The summed E-state index contributed by atoms with van der Waals surface area (Å²) in [5, 5.41) is 7.17. The molecule has 1 aliphatic carbocycles. The second-order valence-electron chi connectivity index (χ2n) is 6.45. The largest absolute Gasteiger partial charge is 0.314 e. The first kappa shape index (κ1) is 15.0. The van der Waals surface area contributed by atoms with E-state index in [1.807, 2.05) is 0 Å². The first-order valence-corrected chi connectivity index (χ1v) is 8.66. The van der Waals surface area contributed by atoms with Crippen LogP contribution in [0, 0.1) is 18.8 Å². The topological polar surface area (TPSA) is 24.9 Å². The highest BCUT2D eigenvalue weighted by Gasteiger charge is 2.22. The summed E-state index contributed by atoms with van der Waals surface area (Å²) in [5.74, 6) is 1.80. The van der Waals surface area contributed by atoms with Crippen molar-refractivity contribution in [3.8, 4) is 0 Å². The lowest BCUT2D eigenvalue weighted by Crippen LogP contribution is -2.35. The van der Waals surface area contributed by atoms with E-state index in [9.17, 15) is 0 Å². The van der Waals surface area contributed by atoms with Gasteiger partial charge in [0.05, 0.1) is 5.01 Å². The van der Waals surface area contributed by atoms with Crippen LogP contribution in [0.1, 0.15) is 56.7 Å². The van der Waals surface area contributed by atoms with Crippen LogP contribution in [0.15, 0.2) is 5.38 Å². The number of hydrogen-bond acceptors (Lipinski definition) is 3. The lowest BCUT2D eigenvalue weighted by Gasteiger charge is -2.30. The third-order valence-corrected chi connectivity index (χ3v) is 5.05. The molecule has 0 amide bonds. The summed E-state index contributed by atoms with van der Waals surface area (Å²) in [6.45, 7) is 7.86. The molecule has 1 fully saturated rings. The Morgan fingerprint density at radius 3 is 2.95 bits per heavy atom. The molecule has 1 N–H and O–H groups in total. The van der Waals surface area contributed by atoms with Crippen molar-refractivity contribution in [3.05, 3.63) is 16.1 Å². The van der Waals surface area contributed by atoms with Crippen LogP contribution in [0.2, 0.25) is 0 Å². The predicted molar refractivity (Wildman–Crippen MR) is 83.8 cm³/mol. The van der Waals surface area contributed by atoms with Gasteiger partial charge in [0.2, 0.25) is 0 Å². The van der Waals surface area contributed by atoms with Crippen LogP contribution in [0.3, 0.4) is 0 Å². The number of rotatable bonds is 6. The minimum Gasteiger partial charge on any atom is -0.314 e. The van der Waals surface area contributed by atoms with E-state index in [-0.39, 0.29) is 0 Å². The second-order valence-corrected chi connectivity index (χ2v) is 7.39. The SMILES string of the molecule is Cc1csc(CCNC2CCCC(CC(C)C)C2)n1. The van der Waals surface area contributed by atoms with Crippen molar-refractivity contribution in [2.45, 2.75) is 65.3 Å². The minimum atomic E-state index is 0.749. The molecule has 1 heterocycles. The number of aromatic nitrogens is 1. The Labute approximate surface area is 122 Å². The Bertz CT molecular complexity index is 373. The van der Waals surface area contributed by atoms with Crippen molar-refractivity contribution in [3.63, 3.8) is 0 Å². The van der Waals surface area contributed by atoms with E-state index in [2.05, 4.69) is 36.5 Å². The molecule has 108 valence electrons. The normalized spacial score (nSPS) is 24.0. The highest BCUT2D eigenvalue weighted by atomic mass is 32.1. The van der Waals surface area contributed by atoms with E-state index in [4.69, 9.17) is 0 Å². The summed E-state index contributed by atoms with van der Waals surface area (Å²) < 4.78 is 0. The van der Waals surface area contributed by atoms with Crippen LogP contribution in [0.5, 0.6) is 0 Å². The van der Waals surface area contributed by atoms with Gasteiger partial charge in [-0.05, 0) is 38.0 Å². The molecular formula is C16H28N2S. The summed E-state index contributed by atoms with van der Waals surface area (Å²) in [7, 11) is 0. The number of aryl methyl sites for hydroxylation is 1. The molecule has 1 aromatic heterocycles. The van der Waals surface area contributed by atoms with Gasteiger partial charge in [-0.25, -0.2) is 4.98 Å². The van der Waals surface area contributed by atoms with Gasteiger partial charge in [-0.3, -0.25) is 0 Å². The lowest BCUT2D eigenvalue weighted by molar-refractivity contribution is 0.253. The molecule has 1 aromatic rings. The van der Waals surface area contributed by atoms with Crippen molar-refractivity contribution in [2.24, 2.45) is 11.8 Å². The van der Waals surface area contributed by atoms with Crippen LogP contribution in [-0.4, -0.2) is 17.6 Å². The van der Waals surface area contributed by atoms with E-state index in [1.54, 1.807) is 11.3 Å².